The molecule has 6 nitrogen and oxygen atoms in total. The Bertz CT molecular complexity index is 1100. The SMILES string of the molecule is Cc1cc2ccccc2nc1NNC(=O)C1CC(c2cc(F)ccc2F)=NO1. The van der Waals surface area contributed by atoms with E-state index in [2.05, 4.69) is 21.0 Å². The van der Waals surface area contributed by atoms with Crippen LogP contribution in [0.3, 0.4) is 0 Å². The van der Waals surface area contributed by atoms with Gasteiger partial charge in [0.15, 0.2) is 0 Å². The second-order valence-corrected chi connectivity index (χ2v) is 6.42. The topological polar surface area (TPSA) is 75.6 Å². The van der Waals surface area contributed by atoms with Crippen molar-refractivity contribution >= 4 is 28.3 Å². The predicted molar refractivity (Wildman–Crippen MR) is 101 cm³/mol. The van der Waals surface area contributed by atoms with E-state index < -0.39 is 23.6 Å². The van der Waals surface area contributed by atoms with Gasteiger partial charge in [-0.15, -0.1) is 0 Å². The molecule has 2 N–H and O–H groups in total. The number of nitrogens with zero attached hydrogens (tertiary/aromatic N) is 2. The number of anilines is 1. The molecule has 2 aromatic carbocycles. The first kappa shape index (κ1) is 17.8. The van der Waals surface area contributed by atoms with Crippen molar-refractivity contribution in [1.29, 1.82) is 0 Å². The standard InChI is InChI=1S/C20H16F2N4O2/c1-11-8-12-4-2-3-5-16(12)23-19(11)24-25-20(27)18-10-17(26-28-18)14-9-13(21)6-7-15(14)22/h2-9,18H,10H2,1H3,(H,23,24)(H,25,27). The Morgan fingerprint density at radius 3 is 2.86 bits per heavy atom. The van der Waals surface area contributed by atoms with Crippen molar-refractivity contribution in [2.75, 3.05) is 5.43 Å². The van der Waals surface area contributed by atoms with E-state index in [1.807, 2.05) is 37.3 Å². The van der Waals surface area contributed by atoms with E-state index in [1.165, 1.54) is 0 Å². The average molecular weight is 382 g/mol. The van der Waals surface area contributed by atoms with Gasteiger partial charge >= 0.3 is 0 Å². The van der Waals surface area contributed by atoms with E-state index in [0.29, 0.717) is 5.82 Å². The minimum absolute atomic E-state index is 0.0182. The van der Waals surface area contributed by atoms with E-state index in [9.17, 15) is 13.6 Å². The average Bonchev–Trinajstić information content (AvgIpc) is 3.18. The van der Waals surface area contributed by atoms with Gasteiger partial charge in [-0.1, -0.05) is 23.4 Å². The summed E-state index contributed by atoms with van der Waals surface area (Å²) < 4.78 is 27.2. The van der Waals surface area contributed by atoms with Crippen LogP contribution < -0.4 is 10.9 Å². The zero-order valence-electron chi connectivity index (χ0n) is 14.9. The molecule has 1 aliphatic rings. The highest BCUT2D eigenvalue weighted by molar-refractivity contribution is 6.04. The van der Waals surface area contributed by atoms with Crippen LogP contribution in [-0.2, 0) is 9.63 Å². The van der Waals surface area contributed by atoms with Crippen LogP contribution in [0.5, 0.6) is 0 Å². The van der Waals surface area contributed by atoms with Crippen LogP contribution >= 0.6 is 0 Å². The molecule has 28 heavy (non-hydrogen) atoms. The summed E-state index contributed by atoms with van der Waals surface area (Å²) in [4.78, 5) is 21.9. The number of carbonyl (C=O) groups excluding carboxylic acids is 1. The molecule has 1 aromatic heterocycles. The fourth-order valence-electron chi connectivity index (χ4n) is 2.95. The molecule has 8 heteroatoms. The second-order valence-electron chi connectivity index (χ2n) is 6.42. The summed E-state index contributed by atoms with van der Waals surface area (Å²) in [6.07, 6.45) is -0.927. The van der Waals surface area contributed by atoms with Gasteiger partial charge in [-0.2, -0.15) is 0 Å². The first-order chi connectivity index (χ1) is 13.5. The van der Waals surface area contributed by atoms with Crippen molar-refractivity contribution < 1.29 is 18.4 Å². The molecule has 4 rings (SSSR count). The zero-order valence-corrected chi connectivity index (χ0v) is 14.9. The first-order valence-electron chi connectivity index (χ1n) is 8.61. The molecule has 3 aromatic rings. The van der Waals surface area contributed by atoms with Crippen molar-refractivity contribution in [2.45, 2.75) is 19.4 Å². The van der Waals surface area contributed by atoms with Gasteiger partial charge in [-0.25, -0.2) is 13.8 Å². The van der Waals surface area contributed by atoms with Crippen molar-refractivity contribution in [3.05, 3.63) is 71.3 Å². The lowest BCUT2D eigenvalue weighted by atomic mass is 10.0. The Morgan fingerprint density at radius 2 is 2.00 bits per heavy atom. The molecular weight excluding hydrogens is 366 g/mol. The first-order valence-corrected chi connectivity index (χ1v) is 8.61. The number of hydrazine groups is 1. The van der Waals surface area contributed by atoms with Crippen LogP contribution in [0.2, 0.25) is 0 Å². The molecule has 1 amide bonds. The summed E-state index contributed by atoms with van der Waals surface area (Å²) >= 11 is 0. The number of amides is 1. The van der Waals surface area contributed by atoms with Crippen LogP contribution in [0.1, 0.15) is 17.5 Å². The third kappa shape index (κ3) is 3.48. The molecule has 142 valence electrons. The summed E-state index contributed by atoms with van der Waals surface area (Å²) in [6, 6.07) is 12.6. The van der Waals surface area contributed by atoms with Crippen LogP contribution in [0.25, 0.3) is 10.9 Å². The van der Waals surface area contributed by atoms with Gasteiger partial charge in [0.2, 0.25) is 6.10 Å². The maximum atomic E-state index is 13.9. The lowest BCUT2D eigenvalue weighted by Gasteiger charge is -2.13. The minimum atomic E-state index is -0.953. The molecule has 1 atom stereocenters. The highest BCUT2D eigenvalue weighted by Crippen LogP contribution is 2.21. The van der Waals surface area contributed by atoms with Crippen LogP contribution in [0.15, 0.2) is 53.7 Å². The maximum Gasteiger partial charge on any atom is 0.282 e. The Morgan fingerprint density at radius 1 is 1.18 bits per heavy atom. The number of aryl methyl sites for hydroxylation is 1. The maximum absolute atomic E-state index is 13.9. The number of para-hydroxylation sites is 1. The number of hydrogen-bond acceptors (Lipinski definition) is 5. The minimum Gasteiger partial charge on any atom is -0.382 e. The van der Waals surface area contributed by atoms with Crippen molar-refractivity contribution in [1.82, 2.24) is 10.4 Å². The summed E-state index contributed by atoms with van der Waals surface area (Å²) in [5.41, 5.74) is 7.11. The second kappa shape index (κ2) is 7.22. The molecule has 0 radical (unpaired) electrons. The molecule has 0 bridgehead atoms. The van der Waals surface area contributed by atoms with Gasteiger partial charge in [0.1, 0.15) is 17.5 Å². The van der Waals surface area contributed by atoms with E-state index in [4.69, 9.17) is 4.84 Å². The molecule has 1 aliphatic heterocycles. The number of oxime groups is 1. The lowest BCUT2D eigenvalue weighted by molar-refractivity contribution is -0.130. The largest absolute Gasteiger partial charge is 0.382 e. The fraction of sp³-hybridized carbons (Fsp3) is 0.150. The number of carbonyl (C=O) groups is 1. The number of nitrogens with one attached hydrogen (secondary N) is 2. The molecule has 0 spiro atoms. The number of benzene rings is 2. The van der Waals surface area contributed by atoms with E-state index >= 15 is 0 Å². The molecule has 0 saturated carbocycles. The molecule has 0 aliphatic carbocycles. The van der Waals surface area contributed by atoms with E-state index in [1.54, 1.807) is 0 Å². The van der Waals surface area contributed by atoms with Gasteiger partial charge in [-0.05, 0) is 42.8 Å². The summed E-state index contributed by atoms with van der Waals surface area (Å²) in [5, 5.41) is 4.72. The van der Waals surface area contributed by atoms with Crippen LogP contribution in [0.4, 0.5) is 14.6 Å². The van der Waals surface area contributed by atoms with Crippen molar-refractivity contribution in [3.63, 3.8) is 0 Å². The smallest absolute Gasteiger partial charge is 0.282 e. The lowest BCUT2D eigenvalue weighted by Crippen LogP contribution is -2.38. The highest BCUT2D eigenvalue weighted by Gasteiger charge is 2.30. The van der Waals surface area contributed by atoms with Crippen LogP contribution in [0, 0.1) is 18.6 Å². The summed E-state index contributed by atoms with van der Waals surface area (Å²) in [6.45, 7) is 1.87. The Hall–Kier alpha value is -3.55. The third-order valence-electron chi connectivity index (χ3n) is 4.42. The van der Waals surface area contributed by atoms with Crippen molar-refractivity contribution in [2.24, 2.45) is 5.16 Å². The molecular formula is C20H16F2N4O2. The summed E-state index contributed by atoms with van der Waals surface area (Å²) in [7, 11) is 0. The number of fused-ring (bicyclic) bond motifs is 1. The van der Waals surface area contributed by atoms with E-state index in [-0.39, 0.29) is 17.7 Å². The monoisotopic (exact) mass is 382 g/mol. The number of rotatable bonds is 4. The molecule has 2 heterocycles. The van der Waals surface area contributed by atoms with Gasteiger partial charge in [0, 0.05) is 17.4 Å². The van der Waals surface area contributed by atoms with Crippen molar-refractivity contribution in [3.8, 4) is 0 Å². The Labute approximate surface area is 159 Å². The number of halogens is 2. The normalized spacial score (nSPS) is 15.8. The van der Waals surface area contributed by atoms with E-state index in [0.717, 1.165) is 34.7 Å². The Balaban J connectivity index is 1.42. The fourth-order valence-corrected chi connectivity index (χ4v) is 2.95. The van der Waals surface area contributed by atoms with Crippen LogP contribution in [-0.4, -0.2) is 22.7 Å². The quantitative estimate of drug-likeness (QED) is 0.678. The number of pyridine rings is 1. The third-order valence-corrected chi connectivity index (χ3v) is 4.42. The van der Waals surface area contributed by atoms with Gasteiger partial charge in [0.05, 0.1) is 11.2 Å². The number of aromatic nitrogens is 1. The molecule has 1 unspecified atom stereocenters. The zero-order chi connectivity index (χ0) is 19.7. The molecule has 0 saturated heterocycles. The number of hydrogen-bond donors (Lipinski definition) is 2. The predicted octanol–water partition coefficient (Wildman–Crippen LogP) is 3.46. The summed E-state index contributed by atoms with van der Waals surface area (Å²) in [5.74, 6) is -1.21. The Kier molecular flexibility index (Phi) is 4.60. The highest BCUT2D eigenvalue weighted by atomic mass is 19.1. The van der Waals surface area contributed by atoms with Gasteiger partial charge in [-0.3, -0.25) is 15.6 Å². The van der Waals surface area contributed by atoms with Gasteiger partial charge < -0.3 is 4.84 Å². The van der Waals surface area contributed by atoms with Gasteiger partial charge in [0.25, 0.3) is 5.91 Å². The molecule has 0 fully saturated rings.